The van der Waals surface area contributed by atoms with Gasteiger partial charge in [0.15, 0.2) is 0 Å². The Morgan fingerprint density at radius 2 is 2.46 bits per heavy atom. The van der Waals surface area contributed by atoms with Crippen molar-refractivity contribution in [3.05, 3.63) is 50.3 Å². The molecular weight excluding hydrogens is 330 g/mol. The van der Waals surface area contributed by atoms with Crippen molar-refractivity contribution in [3.63, 3.8) is 0 Å². The minimum Gasteiger partial charge on any atom is -0.387 e. The summed E-state index contributed by atoms with van der Waals surface area (Å²) in [5, 5.41) is 23.3. The second-order valence-corrected chi connectivity index (χ2v) is 6.75. The van der Waals surface area contributed by atoms with E-state index in [2.05, 4.69) is 9.88 Å². The fourth-order valence-corrected chi connectivity index (χ4v) is 3.61. The van der Waals surface area contributed by atoms with Crippen LogP contribution < -0.4 is 4.90 Å². The SMILES string of the molecule is Cc1cc(N2CCOCC2CC(O)c2cccs2)ncc1[N+](=O)[O-]. The monoisotopic (exact) mass is 349 g/mol. The summed E-state index contributed by atoms with van der Waals surface area (Å²) in [6.45, 7) is 3.43. The van der Waals surface area contributed by atoms with Gasteiger partial charge >= 0.3 is 0 Å². The summed E-state index contributed by atoms with van der Waals surface area (Å²) in [5.41, 5.74) is 0.594. The fraction of sp³-hybridized carbons (Fsp3) is 0.438. The van der Waals surface area contributed by atoms with E-state index in [-0.39, 0.29) is 11.7 Å². The standard InChI is InChI=1S/C16H19N3O4S/c1-11-7-16(17-9-13(11)19(21)22)18-4-5-23-10-12(18)8-14(20)15-3-2-6-24-15/h2-3,6-7,9,12,14,20H,4-5,8,10H2,1H3. The Morgan fingerprint density at radius 1 is 1.62 bits per heavy atom. The first-order valence-corrected chi connectivity index (χ1v) is 8.61. The molecule has 3 heterocycles. The molecule has 2 unspecified atom stereocenters. The van der Waals surface area contributed by atoms with Crippen LogP contribution in [0.15, 0.2) is 29.8 Å². The van der Waals surface area contributed by atoms with Crippen LogP contribution in [0.4, 0.5) is 11.5 Å². The number of aliphatic hydroxyl groups is 1. The highest BCUT2D eigenvalue weighted by atomic mass is 32.1. The third kappa shape index (κ3) is 3.55. The number of rotatable bonds is 5. The van der Waals surface area contributed by atoms with Gasteiger partial charge in [-0.15, -0.1) is 11.3 Å². The zero-order valence-corrected chi connectivity index (χ0v) is 14.1. The van der Waals surface area contributed by atoms with E-state index in [1.807, 2.05) is 17.5 Å². The molecular formula is C16H19N3O4S. The Balaban J connectivity index is 1.79. The average molecular weight is 349 g/mol. The molecule has 2 aromatic rings. The van der Waals surface area contributed by atoms with E-state index in [1.54, 1.807) is 13.0 Å². The molecule has 0 bridgehead atoms. The first kappa shape index (κ1) is 16.8. The summed E-state index contributed by atoms with van der Waals surface area (Å²) in [4.78, 5) is 17.8. The molecule has 0 aromatic carbocycles. The molecule has 3 rings (SSSR count). The number of hydrogen-bond acceptors (Lipinski definition) is 7. The molecule has 1 aliphatic heterocycles. The number of nitro groups is 1. The summed E-state index contributed by atoms with van der Waals surface area (Å²) in [7, 11) is 0. The van der Waals surface area contributed by atoms with Gasteiger partial charge in [0.2, 0.25) is 0 Å². The molecule has 0 aliphatic carbocycles. The molecule has 2 aromatic heterocycles. The van der Waals surface area contributed by atoms with Crippen LogP contribution in [0.25, 0.3) is 0 Å². The topological polar surface area (TPSA) is 88.7 Å². The highest BCUT2D eigenvalue weighted by molar-refractivity contribution is 7.10. The van der Waals surface area contributed by atoms with Crippen molar-refractivity contribution >= 4 is 22.8 Å². The Kier molecular flexibility index (Phi) is 5.08. The molecule has 0 spiro atoms. The van der Waals surface area contributed by atoms with Crippen LogP contribution in [0.3, 0.4) is 0 Å². The van der Waals surface area contributed by atoms with Gasteiger partial charge in [-0.2, -0.15) is 0 Å². The van der Waals surface area contributed by atoms with Crippen LogP contribution in [0.1, 0.15) is 23.0 Å². The molecule has 0 amide bonds. The summed E-state index contributed by atoms with van der Waals surface area (Å²) >= 11 is 1.52. The van der Waals surface area contributed by atoms with Crippen molar-refractivity contribution in [2.75, 3.05) is 24.7 Å². The molecule has 1 aliphatic rings. The van der Waals surface area contributed by atoms with Gasteiger partial charge in [0.05, 0.1) is 30.3 Å². The number of anilines is 1. The minimum absolute atomic E-state index is 0.0159. The second kappa shape index (κ2) is 7.25. The molecule has 8 heteroatoms. The van der Waals surface area contributed by atoms with Crippen LogP contribution >= 0.6 is 11.3 Å². The number of morpholine rings is 1. The van der Waals surface area contributed by atoms with Crippen molar-refractivity contribution in [3.8, 4) is 0 Å². The maximum absolute atomic E-state index is 11.0. The Bertz CT molecular complexity index is 707. The first-order valence-electron chi connectivity index (χ1n) is 7.73. The van der Waals surface area contributed by atoms with Gasteiger partial charge in [-0.3, -0.25) is 10.1 Å². The lowest BCUT2D eigenvalue weighted by molar-refractivity contribution is -0.385. The molecule has 1 fully saturated rings. The van der Waals surface area contributed by atoms with Gasteiger partial charge in [0.25, 0.3) is 5.69 Å². The summed E-state index contributed by atoms with van der Waals surface area (Å²) < 4.78 is 5.56. The zero-order valence-electron chi connectivity index (χ0n) is 13.3. The highest BCUT2D eigenvalue weighted by Crippen LogP contribution is 2.29. The summed E-state index contributed by atoms with van der Waals surface area (Å²) in [6, 6.07) is 5.54. The van der Waals surface area contributed by atoms with E-state index < -0.39 is 11.0 Å². The quantitative estimate of drug-likeness (QED) is 0.659. The maximum atomic E-state index is 11.0. The van der Waals surface area contributed by atoms with Crippen molar-refractivity contribution in [2.45, 2.75) is 25.5 Å². The molecule has 0 saturated carbocycles. The fourth-order valence-electron chi connectivity index (χ4n) is 2.89. The van der Waals surface area contributed by atoms with E-state index in [9.17, 15) is 15.2 Å². The van der Waals surface area contributed by atoms with Gasteiger partial charge < -0.3 is 14.7 Å². The number of aromatic nitrogens is 1. The number of nitrogens with zero attached hydrogens (tertiary/aromatic N) is 3. The minimum atomic E-state index is -0.557. The van der Waals surface area contributed by atoms with Crippen molar-refractivity contribution in [2.24, 2.45) is 0 Å². The van der Waals surface area contributed by atoms with E-state index >= 15 is 0 Å². The molecule has 0 radical (unpaired) electrons. The summed E-state index contributed by atoms with van der Waals surface area (Å²) in [6.07, 6.45) is 1.27. The Hall–Kier alpha value is -2.03. The van der Waals surface area contributed by atoms with E-state index in [0.29, 0.717) is 37.6 Å². The zero-order chi connectivity index (χ0) is 17.1. The van der Waals surface area contributed by atoms with E-state index in [0.717, 1.165) is 4.88 Å². The van der Waals surface area contributed by atoms with Gasteiger partial charge in [0, 0.05) is 23.4 Å². The number of aryl methyl sites for hydroxylation is 1. The average Bonchev–Trinajstić information content (AvgIpc) is 3.09. The molecule has 1 saturated heterocycles. The maximum Gasteiger partial charge on any atom is 0.290 e. The summed E-state index contributed by atoms with van der Waals surface area (Å²) in [5.74, 6) is 0.685. The lowest BCUT2D eigenvalue weighted by Crippen LogP contribution is -2.46. The third-order valence-electron chi connectivity index (χ3n) is 4.15. The number of aliphatic hydroxyl groups excluding tert-OH is 1. The lowest BCUT2D eigenvalue weighted by Gasteiger charge is -2.37. The van der Waals surface area contributed by atoms with Crippen LogP contribution in [-0.4, -0.2) is 40.8 Å². The van der Waals surface area contributed by atoms with Crippen LogP contribution in [0.2, 0.25) is 0 Å². The van der Waals surface area contributed by atoms with Crippen LogP contribution in [-0.2, 0) is 4.74 Å². The van der Waals surface area contributed by atoms with Gasteiger partial charge in [-0.25, -0.2) is 4.98 Å². The smallest absolute Gasteiger partial charge is 0.290 e. The van der Waals surface area contributed by atoms with Crippen molar-refractivity contribution in [1.29, 1.82) is 0 Å². The molecule has 7 nitrogen and oxygen atoms in total. The normalized spacial score (nSPS) is 19.2. The van der Waals surface area contributed by atoms with Crippen LogP contribution in [0, 0.1) is 17.0 Å². The van der Waals surface area contributed by atoms with E-state index in [1.165, 1.54) is 17.5 Å². The third-order valence-corrected chi connectivity index (χ3v) is 5.13. The number of hydrogen-bond donors (Lipinski definition) is 1. The van der Waals surface area contributed by atoms with Gasteiger partial charge in [0.1, 0.15) is 12.0 Å². The second-order valence-electron chi connectivity index (χ2n) is 5.78. The van der Waals surface area contributed by atoms with Crippen LogP contribution in [0.5, 0.6) is 0 Å². The Morgan fingerprint density at radius 3 is 3.12 bits per heavy atom. The molecule has 24 heavy (non-hydrogen) atoms. The molecule has 1 N–H and O–H groups in total. The molecule has 2 atom stereocenters. The lowest BCUT2D eigenvalue weighted by atomic mass is 10.1. The van der Waals surface area contributed by atoms with E-state index in [4.69, 9.17) is 4.74 Å². The van der Waals surface area contributed by atoms with Gasteiger partial charge in [-0.1, -0.05) is 6.07 Å². The van der Waals surface area contributed by atoms with Crippen molar-refractivity contribution < 1.29 is 14.8 Å². The van der Waals surface area contributed by atoms with Crippen molar-refractivity contribution in [1.82, 2.24) is 4.98 Å². The predicted molar refractivity (Wildman–Crippen MR) is 91.5 cm³/mol. The largest absolute Gasteiger partial charge is 0.387 e. The number of thiophene rings is 1. The first-order chi connectivity index (χ1) is 11.6. The predicted octanol–water partition coefficient (Wildman–Crippen LogP) is 2.69. The molecule has 128 valence electrons. The Labute approximate surface area is 143 Å². The number of ether oxygens (including phenoxy) is 1. The number of pyridine rings is 1. The highest BCUT2D eigenvalue weighted by Gasteiger charge is 2.28. The van der Waals surface area contributed by atoms with Gasteiger partial charge in [-0.05, 0) is 24.4 Å².